The molecule has 186 valence electrons. The fourth-order valence-corrected chi connectivity index (χ4v) is 4.78. The quantitative estimate of drug-likeness (QED) is 0.485. The summed E-state index contributed by atoms with van der Waals surface area (Å²) < 4.78 is 27.7. The van der Waals surface area contributed by atoms with Crippen LogP contribution in [-0.4, -0.2) is 68.9 Å². The summed E-state index contributed by atoms with van der Waals surface area (Å²) in [6, 6.07) is 10.5. The van der Waals surface area contributed by atoms with Gasteiger partial charge in [-0.05, 0) is 42.8 Å². The van der Waals surface area contributed by atoms with Crippen LogP contribution in [0.3, 0.4) is 0 Å². The molecule has 0 unspecified atom stereocenters. The fraction of sp³-hybridized carbons (Fsp3) is 0.440. The van der Waals surface area contributed by atoms with Gasteiger partial charge in [-0.3, -0.25) is 9.59 Å². The molecule has 1 fully saturated rings. The molecule has 2 aromatic carbocycles. The number of rotatable bonds is 8. The Labute approximate surface area is 202 Å². The molecule has 0 aliphatic carbocycles. The molecular formula is C25H28N2O8. The van der Waals surface area contributed by atoms with Gasteiger partial charge in [0.15, 0.2) is 11.5 Å². The average molecular weight is 485 g/mol. The van der Waals surface area contributed by atoms with Crippen LogP contribution >= 0.6 is 0 Å². The summed E-state index contributed by atoms with van der Waals surface area (Å²) >= 11 is 0. The number of benzene rings is 2. The van der Waals surface area contributed by atoms with Crippen molar-refractivity contribution in [3.63, 3.8) is 0 Å². The van der Waals surface area contributed by atoms with E-state index in [9.17, 15) is 14.7 Å². The topological polar surface area (TPSA) is 125 Å². The molecule has 10 heteroatoms. The lowest BCUT2D eigenvalue weighted by molar-refractivity contribution is -0.142. The number of nitrogens with one attached hydrogen (secondary N) is 2. The zero-order chi connectivity index (χ0) is 24.4. The van der Waals surface area contributed by atoms with Crippen molar-refractivity contribution in [2.75, 3.05) is 39.0 Å². The lowest BCUT2D eigenvalue weighted by Crippen LogP contribution is -2.47. The van der Waals surface area contributed by atoms with Crippen molar-refractivity contribution in [2.45, 2.75) is 37.1 Å². The number of methoxy groups -OCH3 is 1. The van der Waals surface area contributed by atoms with Gasteiger partial charge in [-0.1, -0.05) is 0 Å². The molecule has 4 atom stereocenters. The molecule has 35 heavy (non-hydrogen) atoms. The van der Waals surface area contributed by atoms with Crippen molar-refractivity contribution in [2.24, 2.45) is 0 Å². The van der Waals surface area contributed by atoms with Gasteiger partial charge in [0.2, 0.25) is 12.7 Å². The van der Waals surface area contributed by atoms with E-state index in [1.165, 1.54) is 0 Å². The molecule has 0 radical (unpaired) electrons. The standard InChI is InChI=1S/C25H28N2O8/c1-31-7-6-26-23(29)11-16-10-18-17-9-15(3-5-19(17)35-24(18)22(12-28)34-16)27-25(30)14-2-4-20-21(8-14)33-13-32-20/h2-5,8-9,16,18,22,24,28H,6-7,10-13H2,1H3,(H,26,29)(H,27,30)/t16-,18-,22+,24+/m1/s1. The van der Waals surface area contributed by atoms with Crippen LogP contribution in [0.2, 0.25) is 0 Å². The van der Waals surface area contributed by atoms with Crippen LogP contribution in [0.15, 0.2) is 36.4 Å². The van der Waals surface area contributed by atoms with Gasteiger partial charge < -0.3 is 39.4 Å². The van der Waals surface area contributed by atoms with Gasteiger partial charge in [0.05, 0.1) is 25.7 Å². The summed E-state index contributed by atoms with van der Waals surface area (Å²) in [5, 5.41) is 15.6. The van der Waals surface area contributed by atoms with Crippen LogP contribution in [0.4, 0.5) is 5.69 Å². The van der Waals surface area contributed by atoms with E-state index in [1.807, 2.05) is 12.1 Å². The molecule has 0 bridgehead atoms. The summed E-state index contributed by atoms with van der Waals surface area (Å²) in [7, 11) is 1.58. The lowest BCUT2D eigenvalue weighted by atomic mass is 9.84. The van der Waals surface area contributed by atoms with Gasteiger partial charge in [0.25, 0.3) is 5.91 Å². The number of anilines is 1. The summed E-state index contributed by atoms with van der Waals surface area (Å²) in [4.78, 5) is 25.1. The number of carbonyl (C=O) groups excluding carboxylic acids is 2. The Morgan fingerprint density at radius 3 is 2.77 bits per heavy atom. The number of carbonyl (C=O) groups is 2. The molecule has 0 aromatic heterocycles. The highest BCUT2D eigenvalue weighted by Crippen LogP contribution is 2.47. The Bertz CT molecular complexity index is 1110. The highest BCUT2D eigenvalue weighted by molar-refractivity contribution is 6.04. The van der Waals surface area contributed by atoms with Crippen molar-refractivity contribution in [1.82, 2.24) is 5.32 Å². The molecule has 1 saturated heterocycles. The first kappa shape index (κ1) is 23.4. The van der Waals surface area contributed by atoms with E-state index < -0.39 is 6.10 Å². The van der Waals surface area contributed by atoms with Crippen molar-refractivity contribution in [1.29, 1.82) is 0 Å². The smallest absolute Gasteiger partial charge is 0.255 e. The number of hydrogen-bond donors (Lipinski definition) is 3. The van der Waals surface area contributed by atoms with Crippen molar-refractivity contribution < 1.29 is 38.4 Å². The minimum Gasteiger partial charge on any atom is -0.487 e. The summed E-state index contributed by atoms with van der Waals surface area (Å²) in [5.41, 5.74) is 2.00. The van der Waals surface area contributed by atoms with E-state index in [2.05, 4.69) is 10.6 Å². The second-order valence-corrected chi connectivity index (χ2v) is 8.73. The first-order chi connectivity index (χ1) is 17.1. The van der Waals surface area contributed by atoms with Crippen LogP contribution in [0.25, 0.3) is 0 Å². The Morgan fingerprint density at radius 1 is 1.11 bits per heavy atom. The zero-order valence-corrected chi connectivity index (χ0v) is 19.3. The van der Waals surface area contributed by atoms with E-state index in [-0.39, 0.29) is 49.8 Å². The molecule has 5 rings (SSSR count). The molecule has 3 aliphatic rings. The summed E-state index contributed by atoms with van der Waals surface area (Å²) in [5.74, 6) is 1.36. The second kappa shape index (κ2) is 10.1. The molecule has 3 N–H and O–H groups in total. The van der Waals surface area contributed by atoms with E-state index in [4.69, 9.17) is 23.7 Å². The van der Waals surface area contributed by atoms with Crippen LogP contribution in [0, 0.1) is 0 Å². The van der Waals surface area contributed by atoms with E-state index >= 15 is 0 Å². The summed E-state index contributed by atoms with van der Waals surface area (Å²) in [6.45, 7) is 0.784. The molecule has 0 spiro atoms. The number of amides is 2. The SMILES string of the molecule is COCCNC(=O)C[C@H]1C[C@@H]2c3cc(NC(=O)c4ccc5c(c4)OCO5)ccc3O[C@@H]2[C@H](CO)O1. The van der Waals surface area contributed by atoms with Gasteiger partial charge in [-0.15, -0.1) is 0 Å². The second-order valence-electron chi connectivity index (χ2n) is 8.73. The number of fused-ring (bicyclic) bond motifs is 4. The third-order valence-corrected chi connectivity index (χ3v) is 6.43. The van der Waals surface area contributed by atoms with Gasteiger partial charge in [-0.2, -0.15) is 0 Å². The average Bonchev–Trinajstić information content (AvgIpc) is 3.47. The third kappa shape index (κ3) is 4.90. The lowest BCUT2D eigenvalue weighted by Gasteiger charge is -2.37. The Balaban J connectivity index is 1.29. The normalized spacial score (nSPS) is 23.7. The fourth-order valence-electron chi connectivity index (χ4n) is 4.78. The molecule has 3 aliphatic heterocycles. The van der Waals surface area contributed by atoms with Crippen LogP contribution in [-0.2, 0) is 14.3 Å². The highest BCUT2D eigenvalue weighted by atomic mass is 16.7. The summed E-state index contributed by atoms with van der Waals surface area (Å²) in [6.07, 6.45) is -0.533. The van der Waals surface area contributed by atoms with Gasteiger partial charge in [0, 0.05) is 36.4 Å². The van der Waals surface area contributed by atoms with E-state index in [0.29, 0.717) is 48.1 Å². The molecule has 2 amide bonds. The maximum absolute atomic E-state index is 12.8. The monoisotopic (exact) mass is 484 g/mol. The van der Waals surface area contributed by atoms with Crippen LogP contribution in [0.1, 0.15) is 34.7 Å². The molecule has 2 aromatic rings. The van der Waals surface area contributed by atoms with Crippen LogP contribution in [0.5, 0.6) is 17.2 Å². The Kier molecular flexibility index (Phi) is 6.76. The van der Waals surface area contributed by atoms with Gasteiger partial charge >= 0.3 is 0 Å². The van der Waals surface area contributed by atoms with Crippen molar-refractivity contribution >= 4 is 17.5 Å². The Morgan fingerprint density at radius 2 is 1.94 bits per heavy atom. The van der Waals surface area contributed by atoms with Crippen molar-refractivity contribution in [3.8, 4) is 17.2 Å². The minimum atomic E-state index is -0.551. The van der Waals surface area contributed by atoms with Crippen LogP contribution < -0.4 is 24.8 Å². The highest BCUT2D eigenvalue weighted by Gasteiger charge is 2.46. The zero-order valence-electron chi connectivity index (χ0n) is 19.3. The van der Waals surface area contributed by atoms with E-state index in [1.54, 1.807) is 31.4 Å². The molecular weight excluding hydrogens is 456 g/mol. The molecule has 10 nitrogen and oxygen atoms in total. The maximum Gasteiger partial charge on any atom is 0.255 e. The van der Waals surface area contributed by atoms with Crippen molar-refractivity contribution in [3.05, 3.63) is 47.5 Å². The molecule has 3 heterocycles. The Hall–Kier alpha value is -3.34. The first-order valence-corrected chi connectivity index (χ1v) is 11.6. The predicted octanol–water partition coefficient (Wildman–Crippen LogP) is 1.81. The molecule has 0 saturated carbocycles. The van der Waals surface area contributed by atoms with Gasteiger partial charge in [0.1, 0.15) is 18.0 Å². The largest absolute Gasteiger partial charge is 0.487 e. The minimum absolute atomic E-state index is 0.0740. The number of aliphatic hydroxyl groups excluding tert-OH is 1. The predicted molar refractivity (Wildman–Crippen MR) is 124 cm³/mol. The van der Waals surface area contributed by atoms with E-state index in [0.717, 1.165) is 5.56 Å². The number of hydrogen-bond acceptors (Lipinski definition) is 8. The number of ether oxygens (including phenoxy) is 5. The van der Waals surface area contributed by atoms with Gasteiger partial charge in [-0.25, -0.2) is 0 Å². The first-order valence-electron chi connectivity index (χ1n) is 11.6. The number of aliphatic hydroxyl groups is 1. The third-order valence-electron chi connectivity index (χ3n) is 6.43. The maximum atomic E-state index is 12.8.